The van der Waals surface area contributed by atoms with Crippen molar-refractivity contribution in [3.63, 3.8) is 0 Å². The molecule has 0 saturated carbocycles. The van der Waals surface area contributed by atoms with Crippen LogP contribution in [0.3, 0.4) is 0 Å². The van der Waals surface area contributed by atoms with E-state index in [-0.39, 0.29) is 18.6 Å². The van der Waals surface area contributed by atoms with Gasteiger partial charge in [0.2, 0.25) is 0 Å². The van der Waals surface area contributed by atoms with Gasteiger partial charge in [-0.25, -0.2) is 0 Å². The minimum Gasteiger partial charge on any atom is -0.484 e. The topological polar surface area (TPSA) is 54.7 Å². The first-order valence-corrected chi connectivity index (χ1v) is 12.8. The highest BCUT2D eigenvalue weighted by Gasteiger charge is 2.17. The van der Waals surface area contributed by atoms with Gasteiger partial charge < -0.3 is 19.4 Å². The molecule has 0 saturated heterocycles. The van der Waals surface area contributed by atoms with E-state index in [0.717, 1.165) is 24.1 Å². The first kappa shape index (κ1) is 26.7. The number of carbonyl (C=O) groups is 1. The van der Waals surface area contributed by atoms with Gasteiger partial charge in [0.15, 0.2) is 5.76 Å². The first-order valence-electron chi connectivity index (χ1n) is 11.6. The van der Waals surface area contributed by atoms with Crippen LogP contribution in [0.2, 0.25) is 5.02 Å². The van der Waals surface area contributed by atoms with E-state index in [1.807, 2.05) is 13.0 Å². The minimum absolute atomic E-state index is 0.0390. The number of ether oxygens (including phenoxy) is 1. The number of nitrogens with one attached hydrogen (secondary N) is 1. The van der Waals surface area contributed by atoms with Crippen LogP contribution < -0.4 is 10.1 Å². The molecule has 0 aliphatic carbocycles. The summed E-state index contributed by atoms with van der Waals surface area (Å²) in [5.74, 6) is 1.23. The summed E-state index contributed by atoms with van der Waals surface area (Å²) in [4.78, 5) is 15.1. The zero-order valence-electron chi connectivity index (χ0n) is 19.5. The SMILES string of the molecule is CCCCCN(CCCCC)CC(C)NC(=O)c1ccc(COc2ccc(Br)cc2Cl)o1. The highest BCUT2D eigenvalue weighted by molar-refractivity contribution is 9.10. The molecule has 0 radical (unpaired) electrons. The number of hydrogen-bond acceptors (Lipinski definition) is 4. The number of carbonyl (C=O) groups excluding carboxylic acids is 1. The van der Waals surface area contributed by atoms with Gasteiger partial charge in [0.25, 0.3) is 5.91 Å². The van der Waals surface area contributed by atoms with Crippen molar-refractivity contribution in [2.24, 2.45) is 0 Å². The lowest BCUT2D eigenvalue weighted by Crippen LogP contribution is -2.42. The summed E-state index contributed by atoms with van der Waals surface area (Å²) in [5.41, 5.74) is 0. The van der Waals surface area contributed by atoms with Crippen LogP contribution in [0, 0.1) is 0 Å². The Hall–Kier alpha value is -1.50. The van der Waals surface area contributed by atoms with Gasteiger partial charge in [-0.1, -0.05) is 67.1 Å². The summed E-state index contributed by atoms with van der Waals surface area (Å²) < 4.78 is 12.3. The van der Waals surface area contributed by atoms with Crippen molar-refractivity contribution in [1.82, 2.24) is 10.2 Å². The Morgan fingerprint density at radius 2 is 1.81 bits per heavy atom. The maximum Gasteiger partial charge on any atom is 0.287 e. The van der Waals surface area contributed by atoms with Crippen molar-refractivity contribution in [2.75, 3.05) is 19.6 Å². The van der Waals surface area contributed by atoms with Gasteiger partial charge in [-0.05, 0) is 63.2 Å². The van der Waals surface area contributed by atoms with Crippen LogP contribution in [0.15, 0.2) is 39.2 Å². The van der Waals surface area contributed by atoms with Crippen LogP contribution >= 0.6 is 27.5 Å². The van der Waals surface area contributed by atoms with E-state index in [2.05, 4.69) is 40.0 Å². The molecular formula is C25H36BrClN2O3. The van der Waals surface area contributed by atoms with Gasteiger partial charge in [0, 0.05) is 17.1 Å². The zero-order chi connectivity index (χ0) is 23.3. The van der Waals surface area contributed by atoms with Crippen molar-refractivity contribution in [2.45, 2.75) is 71.9 Å². The predicted octanol–water partition coefficient (Wildman–Crippen LogP) is 7.08. The van der Waals surface area contributed by atoms with Crippen LogP contribution in [0.4, 0.5) is 0 Å². The van der Waals surface area contributed by atoms with Crippen molar-refractivity contribution in [3.8, 4) is 5.75 Å². The molecule has 0 spiro atoms. The van der Waals surface area contributed by atoms with Crippen molar-refractivity contribution in [1.29, 1.82) is 0 Å². The number of halogens is 2. The third-order valence-corrected chi connectivity index (χ3v) is 6.00. The Morgan fingerprint density at radius 1 is 1.12 bits per heavy atom. The third-order valence-electron chi connectivity index (χ3n) is 5.21. The molecular weight excluding hydrogens is 492 g/mol. The van der Waals surface area contributed by atoms with Gasteiger partial charge >= 0.3 is 0 Å². The number of benzene rings is 1. The molecule has 7 heteroatoms. The molecule has 32 heavy (non-hydrogen) atoms. The van der Waals surface area contributed by atoms with Crippen LogP contribution in [-0.2, 0) is 6.61 Å². The smallest absolute Gasteiger partial charge is 0.287 e. The zero-order valence-corrected chi connectivity index (χ0v) is 21.8. The van der Waals surface area contributed by atoms with Gasteiger partial charge in [-0.2, -0.15) is 0 Å². The van der Waals surface area contributed by atoms with Crippen LogP contribution in [0.1, 0.15) is 75.6 Å². The highest BCUT2D eigenvalue weighted by atomic mass is 79.9. The van der Waals surface area contributed by atoms with E-state index in [4.69, 9.17) is 20.8 Å². The minimum atomic E-state index is -0.201. The number of amides is 1. The molecule has 1 atom stereocenters. The van der Waals surface area contributed by atoms with Crippen molar-refractivity contribution < 1.29 is 13.9 Å². The van der Waals surface area contributed by atoms with E-state index in [1.165, 1.54) is 38.5 Å². The molecule has 1 N–H and O–H groups in total. The second kappa shape index (κ2) is 14.6. The lowest BCUT2D eigenvalue weighted by atomic mass is 10.2. The molecule has 1 aromatic heterocycles. The molecule has 2 rings (SSSR count). The van der Waals surface area contributed by atoms with E-state index >= 15 is 0 Å². The van der Waals surface area contributed by atoms with Crippen molar-refractivity contribution in [3.05, 3.63) is 51.3 Å². The second-order valence-electron chi connectivity index (χ2n) is 8.22. The summed E-state index contributed by atoms with van der Waals surface area (Å²) in [6.07, 6.45) is 7.32. The Labute approximate surface area is 206 Å². The summed E-state index contributed by atoms with van der Waals surface area (Å²) >= 11 is 9.55. The molecule has 1 amide bonds. The Balaban J connectivity index is 1.84. The van der Waals surface area contributed by atoms with E-state index < -0.39 is 0 Å². The molecule has 2 aromatic rings. The second-order valence-corrected chi connectivity index (χ2v) is 9.54. The third kappa shape index (κ3) is 9.55. The fourth-order valence-electron chi connectivity index (χ4n) is 3.51. The predicted molar refractivity (Wildman–Crippen MR) is 135 cm³/mol. The molecule has 5 nitrogen and oxygen atoms in total. The first-order chi connectivity index (χ1) is 15.4. The maximum absolute atomic E-state index is 12.6. The molecule has 178 valence electrons. The summed E-state index contributed by atoms with van der Waals surface area (Å²) in [5, 5.41) is 3.58. The van der Waals surface area contributed by atoms with Crippen molar-refractivity contribution >= 4 is 33.4 Å². The van der Waals surface area contributed by atoms with Gasteiger partial charge in [0.1, 0.15) is 18.1 Å². The molecule has 1 unspecified atom stereocenters. The number of unbranched alkanes of at least 4 members (excludes halogenated alkanes) is 4. The normalized spacial score (nSPS) is 12.2. The molecule has 0 aliphatic heterocycles. The van der Waals surface area contributed by atoms with Crippen LogP contribution in [0.5, 0.6) is 5.75 Å². The Morgan fingerprint density at radius 3 is 2.44 bits per heavy atom. The van der Waals surface area contributed by atoms with E-state index in [9.17, 15) is 4.79 Å². The van der Waals surface area contributed by atoms with Crippen LogP contribution in [-0.4, -0.2) is 36.5 Å². The summed E-state index contributed by atoms with van der Waals surface area (Å²) in [7, 11) is 0. The lowest BCUT2D eigenvalue weighted by molar-refractivity contribution is 0.0896. The fraction of sp³-hybridized carbons (Fsp3) is 0.560. The molecule has 0 fully saturated rings. The van der Waals surface area contributed by atoms with Gasteiger partial charge in [-0.3, -0.25) is 4.79 Å². The molecule has 1 heterocycles. The largest absolute Gasteiger partial charge is 0.484 e. The number of nitrogens with zero attached hydrogens (tertiary/aromatic N) is 1. The number of rotatable bonds is 15. The average Bonchev–Trinajstić information content (AvgIpc) is 3.22. The highest BCUT2D eigenvalue weighted by Crippen LogP contribution is 2.28. The fourth-order valence-corrected chi connectivity index (χ4v) is 4.24. The van der Waals surface area contributed by atoms with Gasteiger partial charge in [0.05, 0.1) is 5.02 Å². The number of furan rings is 1. The van der Waals surface area contributed by atoms with Crippen LogP contribution in [0.25, 0.3) is 0 Å². The monoisotopic (exact) mass is 526 g/mol. The molecule has 0 aliphatic rings. The Bertz CT molecular complexity index is 817. The average molecular weight is 528 g/mol. The number of hydrogen-bond donors (Lipinski definition) is 1. The summed E-state index contributed by atoms with van der Waals surface area (Å²) in [6, 6.07) is 8.90. The van der Waals surface area contributed by atoms with E-state index in [1.54, 1.807) is 24.3 Å². The standard InChI is InChI=1S/C25H36BrClN2O3/c1-4-6-8-14-29(15-9-7-5-2)17-19(3)28-25(30)24-13-11-21(32-24)18-31-23-12-10-20(26)16-22(23)27/h10-13,16,19H,4-9,14-15,17-18H2,1-3H3,(H,28,30). The molecule has 1 aromatic carbocycles. The Kier molecular flexibility index (Phi) is 12.2. The van der Waals surface area contributed by atoms with E-state index in [0.29, 0.717) is 22.3 Å². The van der Waals surface area contributed by atoms with Gasteiger partial charge in [-0.15, -0.1) is 0 Å². The molecule has 0 bridgehead atoms. The lowest BCUT2D eigenvalue weighted by Gasteiger charge is -2.26. The summed E-state index contributed by atoms with van der Waals surface area (Å²) in [6.45, 7) is 9.70. The quantitative estimate of drug-likeness (QED) is 0.252. The maximum atomic E-state index is 12.6.